The number of nitrogens with two attached hydrogens (primary N) is 1. The maximum absolute atomic E-state index is 12.4. The SMILES string of the molecule is NC(=O)c1cc(C(F)(F)F)c(O)c(C(F)(F)F)c1. The molecule has 0 aliphatic carbocycles. The van der Waals surface area contributed by atoms with E-state index in [0.717, 1.165) is 0 Å². The minimum atomic E-state index is -5.24. The van der Waals surface area contributed by atoms with Crippen LogP contribution in [0.1, 0.15) is 21.5 Å². The molecule has 1 aromatic rings. The van der Waals surface area contributed by atoms with Gasteiger partial charge in [0.25, 0.3) is 0 Å². The fourth-order valence-corrected chi connectivity index (χ4v) is 1.21. The zero-order valence-corrected chi connectivity index (χ0v) is 8.36. The third-order valence-corrected chi connectivity index (χ3v) is 2.01. The lowest BCUT2D eigenvalue weighted by molar-refractivity contribution is -0.145. The third-order valence-electron chi connectivity index (χ3n) is 2.01. The molecular weight excluding hydrogens is 268 g/mol. The van der Waals surface area contributed by atoms with Crippen LogP contribution in [0.2, 0.25) is 0 Å². The number of aromatic hydroxyl groups is 1. The molecular formula is C9H5F6NO2. The number of carbonyl (C=O) groups excluding carboxylic acids is 1. The summed E-state index contributed by atoms with van der Waals surface area (Å²) in [6, 6.07) is 0.125. The maximum Gasteiger partial charge on any atom is 0.419 e. The molecule has 0 atom stereocenters. The van der Waals surface area contributed by atoms with Gasteiger partial charge in [0.2, 0.25) is 5.91 Å². The van der Waals surface area contributed by atoms with Crippen LogP contribution in [0.3, 0.4) is 0 Å². The topological polar surface area (TPSA) is 63.3 Å². The van der Waals surface area contributed by atoms with Crippen molar-refractivity contribution in [3.8, 4) is 5.75 Å². The molecule has 0 spiro atoms. The molecule has 0 aromatic heterocycles. The summed E-state index contributed by atoms with van der Waals surface area (Å²) in [5.74, 6) is -3.45. The first-order valence-corrected chi connectivity index (χ1v) is 4.26. The Kier molecular flexibility index (Phi) is 3.20. The van der Waals surface area contributed by atoms with E-state index in [4.69, 9.17) is 5.11 Å². The lowest BCUT2D eigenvalue weighted by Gasteiger charge is -2.15. The Morgan fingerprint density at radius 1 is 1.00 bits per heavy atom. The third kappa shape index (κ3) is 2.66. The van der Waals surface area contributed by atoms with E-state index in [2.05, 4.69) is 5.73 Å². The van der Waals surface area contributed by atoms with Gasteiger partial charge in [-0.2, -0.15) is 26.3 Å². The van der Waals surface area contributed by atoms with Crippen molar-refractivity contribution in [2.75, 3.05) is 0 Å². The Labute approximate surface area is 95.8 Å². The Balaban J connectivity index is 3.64. The van der Waals surface area contributed by atoms with Crippen molar-refractivity contribution in [3.05, 3.63) is 28.8 Å². The van der Waals surface area contributed by atoms with Crippen LogP contribution >= 0.6 is 0 Å². The Bertz CT molecular complexity index is 456. The smallest absolute Gasteiger partial charge is 0.419 e. The van der Waals surface area contributed by atoms with Crippen LogP contribution in [-0.2, 0) is 12.4 Å². The number of primary amides is 1. The van der Waals surface area contributed by atoms with Crippen molar-refractivity contribution in [2.45, 2.75) is 12.4 Å². The summed E-state index contributed by atoms with van der Waals surface area (Å²) >= 11 is 0. The van der Waals surface area contributed by atoms with Crippen LogP contribution in [0.4, 0.5) is 26.3 Å². The van der Waals surface area contributed by atoms with Gasteiger partial charge < -0.3 is 10.8 Å². The Morgan fingerprint density at radius 2 is 1.33 bits per heavy atom. The summed E-state index contributed by atoms with van der Waals surface area (Å²) < 4.78 is 74.3. The van der Waals surface area contributed by atoms with Crippen molar-refractivity contribution < 1.29 is 36.2 Å². The number of phenolic OH excluding ortho intramolecular Hbond substituents is 1. The molecule has 1 amide bonds. The molecule has 0 radical (unpaired) electrons. The second-order valence-corrected chi connectivity index (χ2v) is 3.28. The van der Waals surface area contributed by atoms with Crippen LogP contribution in [-0.4, -0.2) is 11.0 Å². The van der Waals surface area contributed by atoms with E-state index < -0.39 is 40.7 Å². The summed E-state index contributed by atoms with van der Waals surface area (Å²) in [4.78, 5) is 10.7. The monoisotopic (exact) mass is 273 g/mol. The first-order valence-electron chi connectivity index (χ1n) is 4.26. The number of alkyl halides is 6. The van der Waals surface area contributed by atoms with Gasteiger partial charge in [0, 0.05) is 5.56 Å². The molecule has 3 N–H and O–H groups in total. The van der Waals surface area contributed by atoms with E-state index in [1.807, 2.05) is 0 Å². The fraction of sp³-hybridized carbons (Fsp3) is 0.222. The molecule has 0 fully saturated rings. The van der Waals surface area contributed by atoms with Crippen LogP contribution < -0.4 is 5.73 Å². The summed E-state index contributed by atoms with van der Waals surface area (Å²) in [6.45, 7) is 0. The maximum atomic E-state index is 12.4. The van der Waals surface area contributed by atoms with Crippen LogP contribution in [0.25, 0.3) is 0 Å². The standard InChI is InChI=1S/C9H5F6NO2/c10-8(11,12)4-1-3(7(16)18)2-5(6(4)17)9(13,14)15/h1-2,17H,(H2,16,18). The van der Waals surface area contributed by atoms with E-state index >= 15 is 0 Å². The summed E-state index contributed by atoms with van der Waals surface area (Å²) in [5, 5.41) is 8.97. The number of amides is 1. The number of halogens is 6. The molecule has 1 rings (SSSR count). The van der Waals surface area contributed by atoms with Crippen LogP contribution in [0, 0.1) is 0 Å². The predicted octanol–water partition coefficient (Wildman–Crippen LogP) is 2.53. The highest BCUT2D eigenvalue weighted by atomic mass is 19.4. The van der Waals surface area contributed by atoms with Gasteiger partial charge in [-0.1, -0.05) is 0 Å². The van der Waals surface area contributed by atoms with E-state index in [-0.39, 0.29) is 12.1 Å². The lowest BCUT2D eigenvalue weighted by Crippen LogP contribution is -2.17. The highest BCUT2D eigenvalue weighted by Gasteiger charge is 2.42. The quantitative estimate of drug-likeness (QED) is 0.772. The van der Waals surface area contributed by atoms with Crippen LogP contribution in [0.5, 0.6) is 5.75 Å². The first-order chi connectivity index (χ1) is 7.94. The molecule has 100 valence electrons. The second-order valence-electron chi connectivity index (χ2n) is 3.28. The molecule has 3 nitrogen and oxygen atoms in total. The number of rotatable bonds is 1. The molecule has 9 heteroatoms. The van der Waals surface area contributed by atoms with Crippen molar-refractivity contribution >= 4 is 5.91 Å². The fourth-order valence-electron chi connectivity index (χ4n) is 1.21. The highest BCUT2D eigenvalue weighted by molar-refractivity contribution is 5.93. The molecule has 0 aliphatic heterocycles. The van der Waals surface area contributed by atoms with E-state index in [1.165, 1.54) is 0 Å². The number of hydrogen-bond acceptors (Lipinski definition) is 2. The normalized spacial score (nSPS) is 12.6. The van der Waals surface area contributed by atoms with Crippen LogP contribution in [0.15, 0.2) is 12.1 Å². The lowest BCUT2D eigenvalue weighted by atomic mass is 10.0. The van der Waals surface area contributed by atoms with Gasteiger partial charge in [-0.3, -0.25) is 4.79 Å². The zero-order chi connectivity index (χ0) is 14.3. The van der Waals surface area contributed by atoms with E-state index in [9.17, 15) is 31.1 Å². The minimum absolute atomic E-state index is 0.0624. The molecule has 0 unspecified atom stereocenters. The largest absolute Gasteiger partial charge is 0.507 e. The van der Waals surface area contributed by atoms with Crippen molar-refractivity contribution in [1.82, 2.24) is 0 Å². The van der Waals surface area contributed by atoms with Gasteiger partial charge >= 0.3 is 12.4 Å². The molecule has 0 saturated heterocycles. The minimum Gasteiger partial charge on any atom is -0.507 e. The van der Waals surface area contributed by atoms with Crippen molar-refractivity contribution in [1.29, 1.82) is 0 Å². The summed E-state index contributed by atoms with van der Waals surface area (Å²) in [5.41, 5.74) is -0.293. The van der Waals surface area contributed by atoms with Crippen molar-refractivity contribution in [2.24, 2.45) is 5.73 Å². The van der Waals surface area contributed by atoms with E-state index in [0.29, 0.717) is 0 Å². The van der Waals surface area contributed by atoms with Gasteiger partial charge in [0.15, 0.2) is 0 Å². The predicted molar refractivity (Wildman–Crippen MR) is 46.6 cm³/mol. The van der Waals surface area contributed by atoms with Gasteiger partial charge in [0.1, 0.15) is 5.75 Å². The second kappa shape index (κ2) is 4.07. The average Bonchev–Trinajstić information content (AvgIpc) is 2.13. The summed E-state index contributed by atoms with van der Waals surface area (Å²) in [7, 11) is 0. The molecule has 1 aromatic carbocycles. The number of benzene rings is 1. The highest BCUT2D eigenvalue weighted by Crippen LogP contribution is 2.44. The first kappa shape index (κ1) is 14.1. The molecule has 0 bridgehead atoms. The van der Waals surface area contributed by atoms with Gasteiger partial charge in [-0.25, -0.2) is 0 Å². The summed E-state index contributed by atoms with van der Waals surface area (Å²) in [6.07, 6.45) is -10.5. The van der Waals surface area contributed by atoms with E-state index in [1.54, 1.807) is 0 Å². The Morgan fingerprint density at radius 3 is 1.56 bits per heavy atom. The molecule has 0 aliphatic rings. The number of hydrogen-bond donors (Lipinski definition) is 2. The van der Waals surface area contributed by atoms with Gasteiger partial charge in [-0.05, 0) is 12.1 Å². The molecule has 18 heavy (non-hydrogen) atoms. The zero-order valence-electron chi connectivity index (χ0n) is 8.36. The van der Waals surface area contributed by atoms with Gasteiger partial charge in [0.05, 0.1) is 11.1 Å². The molecule has 0 saturated carbocycles. The average molecular weight is 273 g/mol. The number of phenols is 1. The van der Waals surface area contributed by atoms with Gasteiger partial charge in [-0.15, -0.1) is 0 Å². The van der Waals surface area contributed by atoms with Crippen molar-refractivity contribution in [3.63, 3.8) is 0 Å². The molecule has 0 heterocycles. The number of carbonyl (C=O) groups is 1. The Hall–Kier alpha value is -1.93.